The minimum Gasteiger partial charge on any atom is -0.370 e. The minimum absolute atomic E-state index is 0.0744. The molecule has 4 rings (SSSR count). The van der Waals surface area contributed by atoms with Crippen LogP contribution in [-0.4, -0.2) is 15.5 Å². The van der Waals surface area contributed by atoms with Crippen molar-refractivity contribution in [3.05, 3.63) is 58.9 Å². The zero-order chi connectivity index (χ0) is 15.3. The number of fused-ring (bicyclic) bond motifs is 3. The van der Waals surface area contributed by atoms with Gasteiger partial charge in [0.2, 0.25) is 5.95 Å². The molecule has 1 aliphatic heterocycles. The van der Waals surface area contributed by atoms with Crippen LogP contribution in [0.5, 0.6) is 0 Å². The average molecular weight is 316 g/mol. The lowest BCUT2D eigenvalue weighted by molar-refractivity contribution is 0.598. The fourth-order valence-electron chi connectivity index (χ4n) is 2.61. The highest BCUT2D eigenvalue weighted by atomic mass is 35.5. The molecule has 5 nitrogen and oxygen atoms in total. The lowest BCUT2D eigenvalue weighted by Crippen LogP contribution is -2.31. The third-order valence-electron chi connectivity index (χ3n) is 3.58. The van der Waals surface area contributed by atoms with E-state index in [9.17, 15) is 4.39 Å². The molecule has 0 amide bonds. The maximum atomic E-state index is 13.8. The molecule has 0 saturated heterocycles. The van der Waals surface area contributed by atoms with Gasteiger partial charge in [0.05, 0.1) is 16.1 Å². The number of guanidine groups is 1. The van der Waals surface area contributed by atoms with Crippen molar-refractivity contribution >= 4 is 34.5 Å². The van der Waals surface area contributed by atoms with E-state index >= 15 is 0 Å². The highest BCUT2D eigenvalue weighted by molar-refractivity contribution is 6.30. The molecule has 3 aromatic rings. The van der Waals surface area contributed by atoms with Gasteiger partial charge in [-0.1, -0.05) is 29.8 Å². The Morgan fingerprint density at radius 3 is 2.86 bits per heavy atom. The summed E-state index contributed by atoms with van der Waals surface area (Å²) in [6, 6.07) is 12.3. The van der Waals surface area contributed by atoms with Gasteiger partial charge in [-0.3, -0.25) is 9.88 Å². The Balaban J connectivity index is 1.96. The van der Waals surface area contributed by atoms with Crippen molar-refractivity contribution in [1.82, 2.24) is 9.55 Å². The third kappa shape index (κ3) is 1.92. The lowest BCUT2D eigenvalue weighted by atomic mass is 10.1. The molecule has 0 saturated carbocycles. The fourth-order valence-corrected chi connectivity index (χ4v) is 2.73. The molecule has 0 spiro atoms. The van der Waals surface area contributed by atoms with Gasteiger partial charge in [-0.15, -0.1) is 0 Å². The Morgan fingerprint density at radius 2 is 2.05 bits per heavy atom. The number of benzene rings is 2. The molecule has 1 aromatic heterocycles. The van der Waals surface area contributed by atoms with E-state index in [0.29, 0.717) is 11.5 Å². The van der Waals surface area contributed by atoms with Crippen molar-refractivity contribution < 1.29 is 4.39 Å². The van der Waals surface area contributed by atoms with Crippen molar-refractivity contribution in [3.8, 4) is 0 Å². The van der Waals surface area contributed by atoms with E-state index in [1.54, 1.807) is 6.07 Å². The standard InChI is InChI=1S/C15H11ClFN5/c16-9-6-5-8(7-10(9)17)13-20-14(18)21-15-19-11-3-1-2-4-12(11)22(13)15/h1-7,13H,(H3,18,19,20,21). The summed E-state index contributed by atoms with van der Waals surface area (Å²) in [5.41, 5.74) is 8.19. The first-order chi connectivity index (χ1) is 10.6. The van der Waals surface area contributed by atoms with Crippen LogP contribution >= 0.6 is 11.6 Å². The molecule has 0 aliphatic carbocycles. The van der Waals surface area contributed by atoms with Gasteiger partial charge >= 0.3 is 0 Å². The first-order valence-corrected chi connectivity index (χ1v) is 7.03. The Morgan fingerprint density at radius 1 is 1.23 bits per heavy atom. The van der Waals surface area contributed by atoms with Gasteiger partial charge in [-0.2, -0.15) is 0 Å². The van der Waals surface area contributed by atoms with Crippen molar-refractivity contribution in [3.63, 3.8) is 0 Å². The van der Waals surface area contributed by atoms with Crippen LogP contribution in [0.4, 0.5) is 10.3 Å². The number of aliphatic imine (C=N–C) groups is 1. The molecule has 3 N–H and O–H groups in total. The molecule has 0 bridgehead atoms. The highest BCUT2D eigenvalue weighted by Crippen LogP contribution is 2.33. The molecule has 1 atom stereocenters. The quantitative estimate of drug-likeness (QED) is 0.725. The van der Waals surface area contributed by atoms with Gasteiger partial charge in [0.1, 0.15) is 5.82 Å². The second-order valence-electron chi connectivity index (χ2n) is 4.98. The molecular formula is C15H11ClFN5. The molecule has 1 aliphatic rings. The monoisotopic (exact) mass is 315 g/mol. The Hall–Kier alpha value is -2.60. The summed E-state index contributed by atoms with van der Waals surface area (Å²) in [6.07, 6.45) is -0.490. The second kappa shape index (κ2) is 4.71. The number of nitrogens with one attached hydrogen (secondary N) is 1. The molecule has 7 heteroatoms. The zero-order valence-electron chi connectivity index (χ0n) is 11.3. The summed E-state index contributed by atoms with van der Waals surface area (Å²) in [5.74, 6) is 0.328. The summed E-state index contributed by atoms with van der Waals surface area (Å²) in [5, 5.41) is 3.01. The number of rotatable bonds is 1. The van der Waals surface area contributed by atoms with E-state index in [4.69, 9.17) is 17.3 Å². The largest absolute Gasteiger partial charge is 0.370 e. The van der Waals surface area contributed by atoms with Crippen LogP contribution in [0.1, 0.15) is 11.7 Å². The van der Waals surface area contributed by atoms with E-state index in [1.807, 2.05) is 28.8 Å². The number of hydrogen-bond acceptors (Lipinski definition) is 4. The maximum Gasteiger partial charge on any atom is 0.212 e. The van der Waals surface area contributed by atoms with Crippen LogP contribution in [0, 0.1) is 5.82 Å². The summed E-state index contributed by atoms with van der Waals surface area (Å²) < 4.78 is 15.7. The summed E-state index contributed by atoms with van der Waals surface area (Å²) >= 11 is 5.76. The molecule has 0 radical (unpaired) electrons. The van der Waals surface area contributed by atoms with Crippen molar-refractivity contribution in [2.45, 2.75) is 6.17 Å². The van der Waals surface area contributed by atoms with Crippen molar-refractivity contribution in [2.24, 2.45) is 10.7 Å². The highest BCUT2D eigenvalue weighted by Gasteiger charge is 2.25. The maximum absolute atomic E-state index is 13.8. The molecule has 0 fully saturated rings. The van der Waals surface area contributed by atoms with Crippen LogP contribution in [0.25, 0.3) is 11.0 Å². The van der Waals surface area contributed by atoms with E-state index in [2.05, 4.69) is 15.3 Å². The molecule has 22 heavy (non-hydrogen) atoms. The van der Waals surface area contributed by atoms with E-state index in [1.165, 1.54) is 12.1 Å². The third-order valence-corrected chi connectivity index (χ3v) is 3.89. The van der Waals surface area contributed by atoms with E-state index < -0.39 is 12.0 Å². The van der Waals surface area contributed by atoms with Gasteiger partial charge in [0, 0.05) is 5.56 Å². The summed E-state index contributed by atoms with van der Waals surface area (Å²) in [7, 11) is 0. The molecule has 110 valence electrons. The molecule has 2 heterocycles. The van der Waals surface area contributed by atoms with Crippen molar-refractivity contribution in [1.29, 1.82) is 0 Å². The number of nitrogens with two attached hydrogens (primary N) is 1. The van der Waals surface area contributed by atoms with Gasteiger partial charge in [0.15, 0.2) is 12.1 Å². The second-order valence-corrected chi connectivity index (χ2v) is 5.39. The average Bonchev–Trinajstić information content (AvgIpc) is 2.87. The van der Waals surface area contributed by atoms with Crippen LogP contribution in [0.2, 0.25) is 5.02 Å². The lowest BCUT2D eigenvalue weighted by Gasteiger charge is -2.23. The van der Waals surface area contributed by atoms with Gasteiger partial charge < -0.3 is 5.73 Å². The Kier molecular flexibility index (Phi) is 2.80. The number of nitrogens with zero attached hydrogens (tertiary/aromatic N) is 3. The SMILES string of the molecule is NC1=NC(c2ccc(Cl)c(F)c2)n2c(nc3ccccc32)N1. The minimum atomic E-state index is -0.490. The Labute approximate surface area is 130 Å². The van der Waals surface area contributed by atoms with Crippen molar-refractivity contribution in [2.75, 3.05) is 5.32 Å². The number of para-hydroxylation sites is 2. The van der Waals surface area contributed by atoms with E-state index in [-0.39, 0.29) is 11.0 Å². The van der Waals surface area contributed by atoms with Crippen LogP contribution in [0.15, 0.2) is 47.5 Å². The molecular weight excluding hydrogens is 305 g/mol. The van der Waals surface area contributed by atoms with Crippen LogP contribution in [0.3, 0.4) is 0 Å². The predicted octanol–water partition coefficient (Wildman–Crippen LogP) is 3.12. The first-order valence-electron chi connectivity index (χ1n) is 6.66. The fraction of sp³-hybridized carbons (Fsp3) is 0.0667. The van der Waals surface area contributed by atoms with Crippen LogP contribution < -0.4 is 11.1 Å². The molecule has 1 unspecified atom stereocenters. The number of hydrogen-bond donors (Lipinski definition) is 2. The predicted molar refractivity (Wildman–Crippen MR) is 84.5 cm³/mol. The van der Waals surface area contributed by atoms with E-state index in [0.717, 1.165) is 11.0 Å². The number of imidazole rings is 1. The van der Waals surface area contributed by atoms with Gasteiger partial charge in [-0.05, 0) is 24.3 Å². The summed E-state index contributed by atoms with van der Waals surface area (Å²) in [4.78, 5) is 8.87. The first kappa shape index (κ1) is 13.1. The normalized spacial score (nSPS) is 17.0. The van der Waals surface area contributed by atoms with Crippen LogP contribution in [-0.2, 0) is 0 Å². The van der Waals surface area contributed by atoms with Gasteiger partial charge in [0.25, 0.3) is 0 Å². The Bertz CT molecular complexity index is 917. The molecule has 2 aromatic carbocycles. The number of anilines is 1. The number of halogens is 2. The number of aromatic nitrogens is 2. The summed E-state index contributed by atoms with van der Waals surface area (Å²) in [6.45, 7) is 0. The topological polar surface area (TPSA) is 68.2 Å². The van der Waals surface area contributed by atoms with Gasteiger partial charge in [-0.25, -0.2) is 14.4 Å². The smallest absolute Gasteiger partial charge is 0.212 e. The zero-order valence-corrected chi connectivity index (χ0v) is 12.0.